The number of hydrogen-bond acceptors (Lipinski definition) is 5. The number of rotatable bonds is 3. The van der Waals surface area contributed by atoms with Crippen molar-refractivity contribution < 1.29 is 19.5 Å². The van der Waals surface area contributed by atoms with Crippen LogP contribution in [0.5, 0.6) is 0 Å². The molecular weight excluding hydrogens is 328 g/mol. The number of allylic oxidation sites excluding steroid dienone is 2. The van der Waals surface area contributed by atoms with Crippen LogP contribution in [0, 0.1) is 25.7 Å². The summed E-state index contributed by atoms with van der Waals surface area (Å²) in [6.45, 7) is 7.51. The molecule has 2 rings (SSSR count). The lowest BCUT2D eigenvalue weighted by molar-refractivity contribution is -0.313. The number of aliphatic carboxylic acids is 1. The smallest absolute Gasteiger partial charge is 0.270 e. The molecule has 0 fully saturated rings. The zero-order chi connectivity index (χ0) is 18.0. The molecule has 0 aromatic carbocycles. The van der Waals surface area contributed by atoms with Crippen molar-refractivity contribution in [3.05, 3.63) is 32.5 Å². The van der Waals surface area contributed by atoms with Crippen LogP contribution < -0.4 is 16.0 Å². The van der Waals surface area contributed by atoms with E-state index in [0.29, 0.717) is 18.4 Å². The highest BCUT2D eigenvalue weighted by Crippen LogP contribution is 2.33. The van der Waals surface area contributed by atoms with Crippen LogP contribution in [-0.2, 0) is 9.59 Å². The molecule has 0 spiro atoms. The molecule has 130 valence electrons. The monoisotopic (exact) mass is 349 g/mol. The number of carbonyl (C=O) groups excluding carboxylic acids is 3. The highest BCUT2D eigenvalue weighted by atomic mass is 32.1. The van der Waals surface area contributed by atoms with Gasteiger partial charge in [-0.2, -0.15) is 0 Å². The predicted octanol–water partition coefficient (Wildman–Crippen LogP) is 1.24. The lowest BCUT2D eigenvalue weighted by Gasteiger charge is -2.32. The Morgan fingerprint density at radius 1 is 1.04 bits per heavy atom. The Morgan fingerprint density at radius 2 is 1.62 bits per heavy atom. The number of hydrazine groups is 1. The molecule has 7 heteroatoms. The fourth-order valence-electron chi connectivity index (χ4n) is 2.83. The maximum Gasteiger partial charge on any atom is 0.270 e. The molecule has 0 bridgehead atoms. The van der Waals surface area contributed by atoms with Crippen LogP contribution in [-0.4, -0.2) is 17.8 Å². The van der Waals surface area contributed by atoms with E-state index >= 15 is 0 Å². The van der Waals surface area contributed by atoms with Crippen molar-refractivity contribution in [2.45, 2.75) is 40.5 Å². The van der Waals surface area contributed by atoms with Crippen molar-refractivity contribution in [1.82, 2.24) is 10.9 Å². The molecule has 1 aliphatic carbocycles. The van der Waals surface area contributed by atoms with Gasteiger partial charge in [-0.3, -0.25) is 20.4 Å². The molecule has 0 saturated heterocycles. The fourth-order valence-corrected chi connectivity index (χ4v) is 3.70. The van der Waals surface area contributed by atoms with Crippen molar-refractivity contribution in [2.24, 2.45) is 11.8 Å². The summed E-state index contributed by atoms with van der Waals surface area (Å²) in [6.07, 6.45) is 0.645. The highest BCUT2D eigenvalue weighted by Gasteiger charge is 2.33. The van der Waals surface area contributed by atoms with Gasteiger partial charge in [0, 0.05) is 22.1 Å². The molecule has 2 atom stereocenters. The van der Waals surface area contributed by atoms with E-state index in [4.69, 9.17) is 0 Å². The number of amides is 2. The summed E-state index contributed by atoms with van der Waals surface area (Å²) >= 11 is 1.46. The first kappa shape index (κ1) is 18.2. The normalized spacial score (nSPS) is 20.7. The molecule has 0 radical (unpaired) electrons. The van der Waals surface area contributed by atoms with Crippen molar-refractivity contribution >= 4 is 29.1 Å². The Balaban J connectivity index is 2.04. The molecule has 6 nitrogen and oxygen atoms in total. The molecule has 1 heterocycles. The van der Waals surface area contributed by atoms with Gasteiger partial charge < -0.3 is 9.90 Å². The second-order valence-electron chi connectivity index (χ2n) is 6.27. The summed E-state index contributed by atoms with van der Waals surface area (Å²) in [7, 11) is 0. The fraction of sp³-hybridized carbons (Fsp3) is 0.471. The van der Waals surface area contributed by atoms with Crippen LogP contribution in [0.2, 0.25) is 0 Å². The summed E-state index contributed by atoms with van der Waals surface area (Å²) in [6, 6.07) is 0. The zero-order valence-electron chi connectivity index (χ0n) is 14.2. The minimum absolute atomic E-state index is 0.295. The van der Waals surface area contributed by atoms with Crippen LogP contribution in [0.4, 0.5) is 0 Å². The predicted molar refractivity (Wildman–Crippen MR) is 89.0 cm³/mol. The topological polar surface area (TPSA) is 98.3 Å². The summed E-state index contributed by atoms with van der Waals surface area (Å²) in [5.74, 6) is -3.78. The Kier molecular flexibility index (Phi) is 5.43. The molecule has 2 amide bonds. The zero-order valence-corrected chi connectivity index (χ0v) is 15.0. The summed E-state index contributed by atoms with van der Waals surface area (Å²) in [5.41, 5.74) is 8.08. The third kappa shape index (κ3) is 3.67. The molecule has 0 aliphatic heterocycles. The third-order valence-electron chi connectivity index (χ3n) is 4.74. The van der Waals surface area contributed by atoms with E-state index in [1.807, 2.05) is 27.7 Å². The SMILES string of the molecule is CC1=C(C)C[C@@H](C(=O)NNC(=O)c2csc(C)c2C)[C@H](C(=O)[O-])C1. The maximum absolute atomic E-state index is 12.4. The number of carboxylic acid groups (broad SMARTS) is 1. The van der Waals surface area contributed by atoms with Crippen molar-refractivity contribution in [3.63, 3.8) is 0 Å². The Morgan fingerprint density at radius 3 is 2.12 bits per heavy atom. The first-order valence-corrected chi connectivity index (χ1v) is 8.61. The van der Waals surface area contributed by atoms with Gasteiger partial charge in [0.1, 0.15) is 0 Å². The van der Waals surface area contributed by atoms with E-state index in [9.17, 15) is 19.5 Å². The van der Waals surface area contributed by atoms with Gasteiger partial charge in [0.05, 0.1) is 11.5 Å². The largest absolute Gasteiger partial charge is 0.550 e. The minimum atomic E-state index is -1.24. The van der Waals surface area contributed by atoms with E-state index < -0.39 is 29.6 Å². The second-order valence-corrected chi connectivity index (χ2v) is 7.36. The average molecular weight is 349 g/mol. The quantitative estimate of drug-likeness (QED) is 0.633. The Hall–Kier alpha value is -2.15. The highest BCUT2D eigenvalue weighted by molar-refractivity contribution is 7.10. The lowest BCUT2D eigenvalue weighted by Crippen LogP contribution is -2.50. The van der Waals surface area contributed by atoms with Crippen LogP contribution in [0.25, 0.3) is 0 Å². The summed E-state index contributed by atoms with van der Waals surface area (Å²) in [5, 5.41) is 13.1. The van der Waals surface area contributed by atoms with Crippen molar-refractivity contribution in [2.75, 3.05) is 0 Å². The Bertz CT molecular complexity index is 720. The molecule has 2 N–H and O–H groups in total. The molecule has 24 heavy (non-hydrogen) atoms. The number of hydrogen-bond donors (Lipinski definition) is 2. The van der Waals surface area contributed by atoms with E-state index in [2.05, 4.69) is 10.9 Å². The number of carbonyl (C=O) groups is 3. The molecule has 0 saturated carbocycles. The molecule has 0 unspecified atom stereocenters. The van der Waals surface area contributed by atoms with Gasteiger partial charge in [0.25, 0.3) is 5.91 Å². The first-order valence-electron chi connectivity index (χ1n) is 7.73. The number of carboxylic acids is 1. The van der Waals surface area contributed by atoms with Crippen LogP contribution in [0.1, 0.15) is 47.5 Å². The van der Waals surface area contributed by atoms with E-state index in [0.717, 1.165) is 21.6 Å². The number of nitrogens with one attached hydrogen (secondary N) is 2. The lowest BCUT2D eigenvalue weighted by atomic mass is 9.76. The summed E-state index contributed by atoms with van der Waals surface area (Å²) < 4.78 is 0. The maximum atomic E-state index is 12.4. The molecule has 1 aliphatic rings. The van der Waals surface area contributed by atoms with Crippen LogP contribution in [0.3, 0.4) is 0 Å². The van der Waals surface area contributed by atoms with Gasteiger partial charge >= 0.3 is 0 Å². The van der Waals surface area contributed by atoms with E-state index in [1.54, 1.807) is 5.38 Å². The Labute approximate surface area is 144 Å². The molecule has 1 aromatic rings. The van der Waals surface area contributed by atoms with Crippen LogP contribution in [0.15, 0.2) is 16.5 Å². The first-order chi connectivity index (χ1) is 11.2. The van der Waals surface area contributed by atoms with E-state index in [1.165, 1.54) is 11.3 Å². The average Bonchev–Trinajstić information content (AvgIpc) is 2.86. The van der Waals surface area contributed by atoms with Gasteiger partial charge in [-0.1, -0.05) is 11.1 Å². The minimum Gasteiger partial charge on any atom is -0.550 e. The standard InChI is InChI=1S/C17H22N2O4S/c1-8-5-12(13(17(22)23)6-9(8)2)15(20)18-19-16(21)14-7-24-11(4)10(14)3/h7,12-13H,5-6H2,1-4H3,(H,18,20)(H,19,21)(H,22,23)/p-1/t12-,13-/m1/s1. The van der Waals surface area contributed by atoms with Gasteiger partial charge in [-0.15, -0.1) is 11.3 Å². The summed E-state index contributed by atoms with van der Waals surface area (Å²) in [4.78, 5) is 36.9. The molecule has 1 aromatic heterocycles. The van der Waals surface area contributed by atoms with Gasteiger partial charge in [0.15, 0.2) is 0 Å². The van der Waals surface area contributed by atoms with Crippen molar-refractivity contribution in [1.29, 1.82) is 0 Å². The van der Waals surface area contributed by atoms with Crippen LogP contribution >= 0.6 is 11.3 Å². The number of thiophene rings is 1. The van der Waals surface area contributed by atoms with E-state index in [-0.39, 0.29) is 0 Å². The van der Waals surface area contributed by atoms with Gasteiger partial charge in [0.2, 0.25) is 5.91 Å². The van der Waals surface area contributed by atoms with Gasteiger partial charge in [-0.25, -0.2) is 0 Å². The molecular formula is C17H21N2O4S-. The van der Waals surface area contributed by atoms with Gasteiger partial charge in [-0.05, 0) is 46.1 Å². The number of aryl methyl sites for hydroxylation is 1. The third-order valence-corrected chi connectivity index (χ3v) is 5.75. The van der Waals surface area contributed by atoms with Crippen molar-refractivity contribution in [3.8, 4) is 0 Å². The second kappa shape index (κ2) is 7.17.